The van der Waals surface area contributed by atoms with Gasteiger partial charge in [-0.1, -0.05) is 36.9 Å². The van der Waals surface area contributed by atoms with Gasteiger partial charge in [0.1, 0.15) is 0 Å². The zero-order valence-electron chi connectivity index (χ0n) is 9.97. The lowest BCUT2D eigenvalue weighted by Gasteiger charge is -2.05. The molecular formula is C15H14N2O. The van der Waals surface area contributed by atoms with Gasteiger partial charge in [-0.3, -0.25) is 9.78 Å². The fourth-order valence-corrected chi connectivity index (χ4v) is 1.61. The lowest BCUT2D eigenvalue weighted by molar-refractivity contribution is -0.116. The number of hydrogen-bond donors (Lipinski definition) is 1. The van der Waals surface area contributed by atoms with E-state index in [1.54, 1.807) is 6.20 Å². The van der Waals surface area contributed by atoms with Crippen molar-refractivity contribution < 1.29 is 4.79 Å². The highest BCUT2D eigenvalue weighted by atomic mass is 16.1. The SMILES string of the molecule is C=CC(=O)NCc1ccc(-c2cccnc2)cc1. The van der Waals surface area contributed by atoms with Crippen molar-refractivity contribution in [2.24, 2.45) is 0 Å². The summed E-state index contributed by atoms with van der Waals surface area (Å²) in [5.41, 5.74) is 3.25. The van der Waals surface area contributed by atoms with Gasteiger partial charge in [0.05, 0.1) is 0 Å². The predicted octanol–water partition coefficient (Wildman–Crippen LogP) is 2.55. The Labute approximate surface area is 106 Å². The smallest absolute Gasteiger partial charge is 0.243 e. The summed E-state index contributed by atoms with van der Waals surface area (Å²) >= 11 is 0. The van der Waals surface area contributed by atoms with Crippen LogP contribution in [0.15, 0.2) is 61.4 Å². The Hall–Kier alpha value is -2.42. The molecule has 1 heterocycles. The molecule has 0 aliphatic carbocycles. The summed E-state index contributed by atoms with van der Waals surface area (Å²) in [6.07, 6.45) is 4.85. The Bertz CT molecular complexity index is 532. The van der Waals surface area contributed by atoms with E-state index in [1.807, 2.05) is 42.6 Å². The van der Waals surface area contributed by atoms with Crippen molar-refractivity contribution in [3.05, 3.63) is 67.0 Å². The molecule has 0 aliphatic heterocycles. The molecule has 18 heavy (non-hydrogen) atoms. The van der Waals surface area contributed by atoms with Crippen LogP contribution < -0.4 is 5.32 Å². The molecule has 1 aromatic carbocycles. The number of hydrogen-bond acceptors (Lipinski definition) is 2. The topological polar surface area (TPSA) is 42.0 Å². The number of nitrogens with zero attached hydrogens (tertiary/aromatic N) is 1. The molecular weight excluding hydrogens is 224 g/mol. The second-order valence-corrected chi connectivity index (χ2v) is 3.86. The van der Waals surface area contributed by atoms with Crippen molar-refractivity contribution in [2.45, 2.75) is 6.54 Å². The van der Waals surface area contributed by atoms with E-state index in [9.17, 15) is 4.79 Å². The molecule has 0 saturated carbocycles. The monoisotopic (exact) mass is 238 g/mol. The fraction of sp³-hybridized carbons (Fsp3) is 0.0667. The number of carbonyl (C=O) groups is 1. The second-order valence-electron chi connectivity index (χ2n) is 3.86. The first-order valence-corrected chi connectivity index (χ1v) is 5.69. The van der Waals surface area contributed by atoms with Gasteiger partial charge in [-0.2, -0.15) is 0 Å². The molecule has 0 unspecified atom stereocenters. The van der Waals surface area contributed by atoms with Crippen LogP contribution >= 0.6 is 0 Å². The summed E-state index contributed by atoms with van der Waals surface area (Å²) in [7, 11) is 0. The Kier molecular flexibility index (Phi) is 3.86. The van der Waals surface area contributed by atoms with E-state index in [0.29, 0.717) is 6.54 Å². The van der Waals surface area contributed by atoms with Crippen molar-refractivity contribution in [3.63, 3.8) is 0 Å². The summed E-state index contributed by atoms with van der Waals surface area (Å²) in [4.78, 5) is 15.1. The van der Waals surface area contributed by atoms with Crippen LogP contribution in [0.25, 0.3) is 11.1 Å². The van der Waals surface area contributed by atoms with E-state index in [-0.39, 0.29) is 5.91 Å². The van der Waals surface area contributed by atoms with Crippen molar-refractivity contribution in [1.29, 1.82) is 0 Å². The van der Waals surface area contributed by atoms with Crippen LogP contribution in [0.3, 0.4) is 0 Å². The van der Waals surface area contributed by atoms with Crippen molar-refractivity contribution >= 4 is 5.91 Å². The van der Waals surface area contributed by atoms with Gasteiger partial charge >= 0.3 is 0 Å². The number of nitrogens with one attached hydrogen (secondary N) is 1. The van der Waals surface area contributed by atoms with Crippen LogP contribution in [0.1, 0.15) is 5.56 Å². The van der Waals surface area contributed by atoms with Gasteiger partial charge in [0.25, 0.3) is 0 Å². The minimum atomic E-state index is -0.161. The highest BCUT2D eigenvalue weighted by Crippen LogP contribution is 2.18. The Morgan fingerprint density at radius 3 is 2.61 bits per heavy atom. The molecule has 0 spiro atoms. The number of amides is 1. The summed E-state index contributed by atoms with van der Waals surface area (Å²) in [5.74, 6) is -0.161. The van der Waals surface area contributed by atoms with E-state index in [1.165, 1.54) is 6.08 Å². The average Bonchev–Trinajstić information content (AvgIpc) is 2.46. The first kappa shape index (κ1) is 12.0. The molecule has 3 nitrogen and oxygen atoms in total. The number of aromatic nitrogens is 1. The molecule has 0 radical (unpaired) electrons. The third-order valence-corrected chi connectivity index (χ3v) is 2.60. The maximum Gasteiger partial charge on any atom is 0.243 e. The normalized spacial score (nSPS) is 9.78. The maximum absolute atomic E-state index is 11.0. The van der Waals surface area contributed by atoms with Crippen LogP contribution in [0.2, 0.25) is 0 Å². The van der Waals surface area contributed by atoms with Crippen molar-refractivity contribution in [2.75, 3.05) is 0 Å². The maximum atomic E-state index is 11.0. The first-order chi connectivity index (χ1) is 8.79. The van der Waals surface area contributed by atoms with Gasteiger partial charge in [0.15, 0.2) is 0 Å². The Morgan fingerprint density at radius 1 is 1.22 bits per heavy atom. The summed E-state index contributed by atoms with van der Waals surface area (Å²) in [5, 5.41) is 2.74. The predicted molar refractivity (Wildman–Crippen MR) is 71.7 cm³/mol. The van der Waals surface area contributed by atoms with E-state index < -0.39 is 0 Å². The fourth-order valence-electron chi connectivity index (χ4n) is 1.61. The van der Waals surface area contributed by atoms with Crippen molar-refractivity contribution in [1.82, 2.24) is 10.3 Å². The first-order valence-electron chi connectivity index (χ1n) is 5.69. The Balaban J connectivity index is 2.06. The number of pyridine rings is 1. The lowest BCUT2D eigenvalue weighted by atomic mass is 10.1. The van der Waals surface area contributed by atoms with Crippen LogP contribution in [-0.4, -0.2) is 10.9 Å². The van der Waals surface area contributed by atoms with Crippen LogP contribution in [0, 0.1) is 0 Å². The summed E-state index contributed by atoms with van der Waals surface area (Å²) in [6.45, 7) is 3.92. The zero-order valence-corrected chi connectivity index (χ0v) is 9.97. The third kappa shape index (κ3) is 3.04. The molecule has 0 bridgehead atoms. The molecule has 0 aliphatic rings. The van der Waals surface area contributed by atoms with Crippen LogP contribution in [0.4, 0.5) is 0 Å². The number of rotatable bonds is 4. The number of carbonyl (C=O) groups excluding carboxylic acids is 1. The van der Waals surface area contributed by atoms with Gasteiger partial charge in [0, 0.05) is 18.9 Å². The van der Waals surface area contributed by atoms with E-state index in [2.05, 4.69) is 16.9 Å². The average molecular weight is 238 g/mol. The molecule has 1 amide bonds. The van der Waals surface area contributed by atoms with Gasteiger partial charge < -0.3 is 5.32 Å². The molecule has 1 aromatic heterocycles. The lowest BCUT2D eigenvalue weighted by Crippen LogP contribution is -2.19. The van der Waals surface area contributed by atoms with Gasteiger partial charge in [-0.05, 0) is 28.8 Å². The summed E-state index contributed by atoms with van der Waals surface area (Å²) < 4.78 is 0. The minimum Gasteiger partial charge on any atom is -0.348 e. The molecule has 1 N–H and O–H groups in total. The standard InChI is InChI=1S/C15H14N2O/c1-2-15(18)17-10-12-5-7-13(8-6-12)14-4-3-9-16-11-14/h2-9,11H,1,10H2,(H,17,18). The molecule has 3 heteroatoms. The quantitative estimate of drug-likeness (QED) is 0.832. The second kappa shape index (κ2) is 5.77. The zero-order chi connectivity index (χ0) is 12.8. The van der Waals surface area contributed by atoms with Gasteiger partial charge in [0.2, 0.25) is 5.91 Å². The molecule has 0 saturated heterocycles. The van der Waals surface area contributed by atoms with E-state index in [4.69, 9.17) is 0 Å². The van der Waals surface area contributed by atoms with E-state index in [0.717, 1.165) is 16.7 Å². The summed E-state index contributed by atoms with van der Waals surface area (Å²) in [6, 6.07) is 11.9. The molecule has 2 rings (SSSR count). The van der Waals surface area contributed by atoms with Crippen LogP contribution in [0.5, 0.6) is 0 Å². The minimum absolute atomic E-state index is 0.161. The molecule has 0 atom stereocenters. The van der Waals surface area contributed by atoms with Crippen LogP contribution in [-0.2, 0) is 11.3 Å². The van der Waals surface area contributed by atoms with Gasteiger partial charge in [-0.25, -0.2) is 0 Å². The third-order valence-electron chi connectivity index (χ3n) is 2.60. The molecule has 0 fully saturated rings. The highest BCUT2D eigenvalue weighted by molar-refractivity contribution is 5.86. The number of benzene rings is 1. The van der Waals surface area contributed by atoms with Gasteiger partial charge in [-0.15, -0.1) is 0 Å². The molecule has 2 aromatic rings. The van der Waals surface area contributed by atoms with Crippen molar-refractivity contribution in [3.8, 4) is 11.1 Å². The largest absolute Gasteiger partial charge is 0.348 e. The van der Waals surface area contributed by atoms with E-state index >= 15 is 0 Å². The Morgan fingerprint density at radius 2 is 2.00 bits per heavy atom. The highest BCUT2D eigenvalue weighted by Gasteiger charge is 1.99. The molecule has 90 valence electrons.